The summed E-state index contributed by atoms with van der Waals surface area (Å²) in [5.74, 6) is 0.277. The van der Waals surface area contributed by atoms with Crippen LogP contribution in [-0.4, -0.2) is 23.8 Å². The van der Waals surface area contributed by atoms with Gasteiger partial charge in [0.25, 0.3) is 0 Å². The molecule has 1 aliphatic rings. The Labute approximate surface area is 161 Å². The van der Waals surface area contributed by atoms with E-state index in [0.29, 0.717) is 17.3 Å². The van der Waals surface area contributed by atoms with Gasteiger partial charge in [0.15, 0.2) is 0 Å². The van der Waals surface area contributed by atoms with Crippen LogP contribution < -0.4 is 16.0 Å². The van der Waals surface area contributed by atoms with Crippen LogP contribution in [0.4, 0.5) is 11.4 Å². The molecule has 6 heteroatoms. The number of carbonyl (C=O) groups excluding carboxylic acids is 3. The lowest BCUT2D eigenvalue weighted by atomic mass is 9.82. The Kier molecular flexibility index (Phi) is 7.39. The maximum Gasteiger partial charge on any atom is 0.247 e. The maximum atomic E-state index is 12.7. The van der Waals surface area contributed by atoms with Crippen LogP contribution in [-0.2, 0) is 14.4 Å². The van der Waals surface area contributed by atoms with E-state index in [1.54, 1.807) is 24.3 Å². The number of carbonyl (C=O) groups is 3. The van der Waals surface area contributed by atoms with Crippen LogP contribution >= 0.6 is 0 Å². The topological polar surface area (TPSA) is 87.3 Å². The minimum absolute atomic E-state index is 0.00666. The first-order valence-electron chi connectivity index (χ1n) is 9.75. The molecule has 3 amide bonds. The summed E-state index contributed by atoms with van der Waals surface area (Å²) in [6, 6.07) is 6.33. The van der Waals surface area contributed by atoms with Gasteiger partial charge in [0.2, 0.25) is 17.7 Å². The van der Waals surface area contributed by atoms with E-state index < -0.39 is 6.04 Å². The van der Waals surface area contributed by atoms with Gasteiger partial charge in [-0.05, 0) is 61.8 Å². The van der Waals surface area contributed by atoms with Gasteiger partial charge in [-0.3, -0.25) is 14.4 Å². The first kappa shape index (κ1) is 20.9. The Bertz CT molecular complexity index is 662. The van der Waals surface area contributed by atoms with Gasteiger partial charge < -0.3 is 16.0 Å². The Balaban J connectivity index is 1.96. The number of benzene rings is 1. The fraction of sp³-hybridized carbons (Fsp3) is 0.571. The highest BCUT2D eigenvalue weighted by Crippen LogP contribution is 2.28. The van der Waals surface area contributed by atoms with Crippen molar-refractivity contribution in [2.24, 2.45) is 17.8 Å². The van der Waals surface area contributed by atoms with Crippen molar-refractivity contribution in [2.75, 3.05) is 10.6 Å². The van der Waals surface area contributed by atoms with Crippen LogP contribution in [0.15, 0.2) is 24.3 Å². The third-order valence-corrected chi connectivity index (χ3v) is 5.11. The molecule has 0 radical (unpaired) electrons. The van der Waals surface area contributed by atoms with E-state index in [9.17, 15) is 14.4 Å². The third-order valence-electron chi connectivity index (χ3n) is 5.11. The van der Waals surface area contributed by atoms with Crippen molar-refractivity contribution in [1.29, 1.82) is 0 Å². The number of amides is 3. The quantitative estimate of drug-likeness (QED) is 0.712. The van der Waals surface area contributed by atoms with Gasteiger partial charge in [-0.25, -0.2) is 0 Å². The van der Waals surface area contributed by atoms with Crippen molar-refractivity contribution in [3.8, 4) is 0 Å². The van der Waals surface area contributed by atoms with Crippen molar-refractivity contribution in [3.05, 3.63) is 24.3 Å². The molecule has 6 nitrogen and oxygen atoms in total. The SMILES string of the molecule is CC(=O)Nc1ccc(NC(=O)C(NC(=O)C2CCC(C)CC2)C(C)C)cc1. The Morgan fingerprint density at radius 3 is 1.93 bits per heavy atom. The van der Waals surface area contributed by atoms with E-state index in [-0.39, 0.29) is 29.6 Å². The van der Waals surface area contributed by atoms with Crippen molar-refractivity contribution in [2.45, 2.75) is 59.4 Å². The summed E-state index contributed by atoms with van der Waals surface area (Å²) in [5.41, 5.74) is 1.29. The van der Waals surface area contributed by atoms with Gasteiger partial charge in [-0.2, -0.15) is 0 Å². The molecule has 148 valence electrons. The minimum atomic E-state index is -0.577. The standard InChI is InChI=1S/C21H31N3O3/c1-13(2)19(24-20(26)16-7-5-14(3)6-8-16)21(27)23-18-11-9-17(10-12-18)22-15(4)25/h9-14,16,19H,5-8H2,1-4H3,(H,22,25)(H,23,27)(H,24,26). The zero-order valence-corrected chi connectivity index (χ0v) is 16.7. The van der Waals surface area contributed by atoms with Crippen LogP contribution in [0.3, 0.4) is 0 Å². The van der Waals surface area contributed by atoms with Gasteiger partial charge in [0.05, 0.1) is 0 Å². The van der Waals surface area contributed by atoms with E-state index in [0.717, 1.165) is 25.7 Å². The molecule has 0 saturated heterocycles. The highest BCUT2D eigenvalue weighted by molar-refractivity contribution is 5.98. The molecule has 27 heavy (non-hydrogen) atoms. The molecule has 0 bridgehead atoms. The van der Waals surface area contributed by atoms with E-state index in [1.807, 2.05) is 13.8 Å². The molecule has 1 aliphatic carbocycles. The van der Waals surface area contributed by atoms with E-state index in [1.165, 1.54) is 6.92 Å². The maximum absolute atomic E-state index is 12.7. The van der Waals surface area contributed by atoms with Crippen molar-refractivity contribution >= 4 is 29.1 Å². The second-order valence-electron chi connectivity index (χ2n) is 7.93. The summed E-state index contributed by atoms with van der Waals surface area (Å²) in [6.45, 7) is 7.51. The van der Waals surface area contributed by atoms with Crippen LogP contribution in [0.5, 0.6) is 0 Å². The molecule has 3 N–H and O–H groups in total. The van der Waals surface area contributed by atoms with Crippen LogP contribution in [0.2, 0.25) is 0 Å². The average Bonchev–Trinajstić information content (AvgIpc) is 2.61. The first-order valence-corrected chi connectivity index (χ1v) is 9.75. The fourth-order valence-corrected chi connectivity index (χ4v) is 3.39. The van der Waals surface area contributed by atoms with Crippen LogP contribution in [0, 0.1) is 17.8 Å². The second-order valence-corrected chi connectivity index (χ2v) is 7.93. The Morgan fingerprint density at radius 1 is 0.926 bits per heavy atom. The molecule has 2 rings (SSSR count). The summed E-state index contributed by atoms with van der Waals surface area (Å²) in [7, 11) is 0. The zero-order valence-electron chi connectivity index (χ0n) is 16.7. The lowest BCUT2D eigenvalue weighted by Crippen LogP contribution is -2.49. The Morgan fingerprint density at radius 2 is 1.44 bits per heavy atom. The molecule has 1 aromatic rings. The fourth-order valence-electron chi connectivity index (χ4n) is 3.39. The molecule has 1 fully saturated rings. The zero-order chi connectivity index (χ0) is 20.0. The number of hydrogen-bond donors (Lipinski definition) is 3. The highest BCUT2D eigenvalue weighted by atomic mass is 16.2. The van der Waals surface area contributed by atoms with Gasteiger partial charge in [0, 0.05) is 24.2 Å². The smallest absolute Gasteiger partial charge is 0.247 e. The number of anilines is 2. The molecule has 1 unspecified atom stereocenters. The third kappa shape index (κ3) is 6.38. The lowest BCUT2D eigenvalue weighted by molar-refractivity contribution is -0.131. The van der Waals surface area contributed by atoms with Crippen molar-refractivity contribution in [1.82, 2.24) is 5.32 Å². The second kappa shape index (κ2) is 9.53. The van der Waals surface area contributed by atoms with E-state index in [4.69, 9.17) is 0 Å². The molecule has 0 aliphatic heterocycles. The summed E-state index contributed by atoms with van der Waals surface area (Å²) >= 11 is 0. The highest BCUT2D eigenvalue weighted by Gasteiger charge is 2.29. The first-order chi connectivity index (χ1) is 12.8. The summed E-state index contributed by atoms with van der Waals surface area (Å²) in [4.78, 5) is 36.4. The predicted molar refractivity (Wildman–Crippen MR) is 107 cm³/mol. The predicted octanol–water partition coefficient (Wildman–Crippen LogP) is 3.55. The normalized spacial score (nSPS) is 20.6. The molecule has 0 spiro atoms. The summed E-state index contributed by atoms with van der Waals surface area (Å²) < 4.78 is 0. The van der Waals surface area contributed by atoms with Crippen LogP contribution in [0.25, 0.3) is 0 Å². The van der Waals surface area contributed by atoms with Crippen LogP contribution in [0.1, 0.15) is 53.4 Å². The van der Waals surface area contributed by atoms with Crippen molar-refractivity contribution < 1.29 is 14.4 Å². The molecular weight excluding hydrogens is 342 g/mol. The molecule has 1 atom stereocenters. The summed E-state index contributed by atoms with van der Waals surface area (Å²) in [5, 5.41) is 8.49. The number of nitrogens with one attached hydrogen (secondary N) is 3. The Hall–Kier alpha value is -2.37. The van der Waals surface area contributed by atoms with E-state index >= 15 is 0 Å². The monoisotopic (exact) mass is 373 g/mol. The lowest BCUT2D eigenvalue weighted by Gasteiger charge is -2.28. The van der Waals surface area contributed by atoms with E-state index in [2.05, 4.69) is 22.9 Å². The van der Waals surface area contributed by atoms with Crippen molar-refractivity contribution in [3.63, 3.8) is 0 Å². The number of rotatable bonds is 6. The molecule has 1 aromatic carbocycles. The van der Waals surface area contributed by atoms with Gasteiger partial charge >= 0.3 is 0 Å². The summed E-state index contributed by atoms with van der Waals surface area (Å²) in [6.07, 6.45) is 3.92. The minimum Gasteiger partial charge on any atom is -0.344 e. The van der Waals surface area contributed by atoms with Gasteiger partial charge in [0.1, 0.15) is 6.04 Å². The molecule has 0 aromatic heterocycles. The molecule has 0 heterocycles. The van der Waals surface area contributed by atoms with Gasteiger partial charge in [-0.15, -0.1) is 0 Å². The largest absolute Gasteiger partial charge is 0.344 e. The van der Waals surface area contributed by atoms with Gasteiger partial charge in [-0.1, -0.05) is 20.8 Å². The molecular formula is C21H31N3O3. The number of hydrogen-bond acceptors (Lipinski definition) is 3. The molecule has 1 saturated carbocycles. The average molecular weight is 373 g/mol.